The Hall–Kier alpha value is -4.67. The van der Waals surface area contributed by atoms with Gasteiger partial charge in [-0.3, -0.25) is 19.7 Å². The second kappa shape index (κ2) is 22.3. The van der Waals surface area contributed by atoms with Crippen LogP contribution in [0.3, 0.4) is 0 Å². The van der Waals surface area contributed by atoms with Crippen molar-refractivity contribution in [2.75, 3.05) is 0 Å². The van der Waals surface area contributed by atoms with Gasteiger partial charge in [0.15, 0.2) is 0 Å². The van der Waals surface area contributed by atoms with Gasteiger partial charge in [-0.2, -0.15) is 31.6 Å². The predicted octanol–water partition coefficient (Wildman–Crippen LogP) is 7.06. The van der Waals surface area contributed by atoms with E-state index < -0.39 is 47.2 Å². The van der Waals surface area contributed by atoms with Gasteiger partial charge in [-0.05, 0) is 86.3 Å². The van der Waals surface area contributed by atoms with Crippen LogP contribution < -0.4 is 11.1 Å². The number of carbonyl (C=O) groups is 4. The summed E-state index contributed by atoms with van der Waals surface area (Å²) in [5.74, 6) is -4.29. The van der Waals surface area contributed by atoms with Crippen LogP contribution in [0.2, 0.25) is 10.0 Å². The van der Waals surface area contributed by atoms with Crippen molar-refractivity contribution in [1.29, 1.82) is 6.60 Å². The molecule has 3 amide bonds. The summed E-state index contributed by atoms with van der Waals surface area (Å²) < 4.78 is 78.5. The normalized spacial score (nSPS) is 10.0. The van der Waals surface area contributed by atoms with Gasteiger partial charge in [0.25, 0.3) is 17.7 Å². The Balaban J connectivity index is 0. The quantitative estimate of drug-likeness (QED) is 0.0816. The molecule has 0 fully saturated rings. The molecule has 10 nitrogen and oxygen atoms in total. The number of nitriles is 1. The van der Waals surface area contributed by atoms with Crippen molar-refractivity contribution in [2.45, 2.75) is 19.3 Å². The first kappa shape index (κ1) is 47.3. The van der Waals surface area contributed by atoms with E-state index in [0.717, 1.165) is 54.6 Å². The third-order valence-corrected chi connectivity index (χ3v) is 6.06. The summed E-state index contributed by atoms with van der Waals surface area (Å²) in [4.78, 5) is 44.6. The minimum atomic E-state index is -4.52. The number of aromatic hydroxyl groups is 2. The summed E-state index contributed by atoms with van der Waals surface area (Å²) in [6.07, 6.45) is -8.94. The van der Waals surface area contributed by atoms with E-state index in [0.29, 0.717) is 5.02 Å². The van der Waals surface area contributed by atoms with Crippen LogP contribution in [0.1, 0.15) is 59.5 Å². The Morgan fingerprint density at radius 3 is 1.40 bits per heavy atom. The van der Waals surface area contributed by atoms with E-state index in [1.165, 1.54) is 37.3 Å². The van der Waals surface area contributed by atoms with E-state index >= 15 is 0 Å². The molecule has 6 N–H and O–H groups in total. The number of carbonyl (C=O) groups excluding carboxylic acids is 3. The fourth-order valence-corrected chi connectivity index (χ4v) is 3.59. The van der Waals surface area contributed by atoms with E-state index in [2.05, 4.69) is 8.38 Å². The maximum atomic E-state index is 12.4. The predicted molar refractivity (Wildman–Crippen MR) is 175 cm³/mol. The minimum absolute atomic E-state index is 0. The van der Waals surface area contributed by atoms with Crippen LogP contribution in [0.15, 0.2) is 84.9 Å². The number of nitrogens with one attached hydrogen (secondary N) is 1. The molecule has 0 atom stereocenters. The summed E-state index contributed by atoms with van der Waals surface area (Å²) >= 11 is 11.2. The summed E-state index contributed by atoms with van der Waals surface area (Å²) in [5.41, 5.74) is 2.69. The van der Waals surface area contributed by atoms with E-state index in [1.54, 1.807) is 6.07 Å². The molecule has 4 aromatic carbocycles. The molecular weight excluding hydrogens is 972 g/mol. The minimum Gasteiger partial charge on any atom is -0.507 e. The Bertz CT molecular complexity index is 1880. The first-order chi connectivity index (χ1) is 24.1. The van der Waals surface area contributed by atoms with Gasteiger partial charge in [0.05, 0.1) is 33.9 Å². The number of amides is 3. The van der Waals surface area contributed by atoms with Crippen LogP contribution >= 0.6 is 23.2 Å². The van der Waals surface area contributed by atoms with Crippen molar-refractivity contribution in [3.8, 4) is 17.6 Å². The second-order valence-electron chi connectivity index (χ2n) is 9.15. The Morgan fingerprint density at radius 1 is 0.731 bits per heavy atom. The van der Waals surface area contributed by atoms with Crippen LogP contribution in [0.25, 0.3) is 0 Å². The Labute approximate surface area is 328 Å². The second-order valence-corrected chi connectivity index (χ2v) is 10.0. The molecule has 0 aliphatic heterocycles. The smallest absolute Gasteiger partial charge is 0.416 e. The largest absolute Gasteiger partial charge is 0.507 e. The number of aromatic carboxylic acids is 1. The van der Waals surface area contributed by atoms with E-state index in [1.807, 2.05) is 5.32 Å². The van der Waals surface area contributed by atoms with Gasteiger partial charge in [-0.15, -0.1) is 0 Å². The molecular formula is C32H24BCl2F6N3O7U. The molecule has 2 radical (unpaired) electrons. The molecule has 0 aliphatic rings. The molecule has 20 heteroatoms. The van der Waals surface area contributed by atoms with Crippen molar-refractivity contribution in [1.82, 2.24) is 5.32 Å². The fourth-order valence-electron chi connectivity index (χ4n) is 3.25. The van der Waals surface area contributed by atoms with Crippen LogP contribution in [0, 0.1) is 42.4 Å². The van der Waals surface area contributed by atoms with Crippen LogP contribution in [-0.2, 0) is 12.4 Å². The summed E-state index contributed by atoms with van der Waals surface area (Å²) in [7, 11) is 3.75. The number of nitrogens with two attached hydrogens (primary N) is 1. The van der Waals surface area contributed by atoms with Crippen molar-refractivity contribution in [2.24, 2.45) is 5.73 Å². The molecule has 0 spiro atoms. The number of phenolic OH excluding ortho intramolecular Hbond substituents is 1. The monoisotopic (exact) mass is 996 g/mol. The molecule has 0 aliphatic carbocycles. The number of halogens is 8. The molecule has 0 saturated carbocycles. The maximum absolute atomic E-state index is 12.4. The summed E-state index contributed by atoms with van der Waals surface area (Å²) in [6.45, 7) is 1.43. The van der Waals surface area contributed by atoms with Crippen molar-refractivity contribution >= 4 is 55.3 Å². The number of alkyl halides is 6. The zero-order valence-corrected chi connectivity index (χ0v) is 31.9. The zero-order chi connectivity index (χ0) is 40.4. The van der Waals surface area contributed by atoms with E-state index in [-0.39, 0.29) is 69.9 Å². The average Bonchev–Trinajstić information content (AvgIpc) is 3.08. The van der Waals surface area contributed by atoms with Crippen molar-refractivity contribution in [3.63, 3.8) is 0 Å². The summed E-state index contributed by atoms with van der Waals surface area (Å²) in [6, 6.07) is 16.2. The molecule has 0 saturated heterocycles. The third-order valence-electron chi connectivity index (χ3n) is 5.59. The zero-order valence-electron chi connectivity index (χ0n) is 27.2. The van der Waals surface area contributed by atoms with Crippen molar-refractivity contribution in [3.05, 3.63) is 128 Å². The number of benzene rings is 4. The number of phenols is 2. The molecule has 0 heterocycles. The van der Waals surface area contributed by atoms with Gasteiger partial charge in [-0.1, -0.05) is 23.2 Å². The van der Waals surface area contributed by atoms with Gasteiger partial charge in [0.1, 0.15) is 11.5 Å². The number of rotatable bonds is 4. The van der Waals surface area contributed by atoms with Crippen LogP contribution in [0.5, 0.6) is 11.5 Å². The van der Waals surface area contributed by atoms with Crippen LogP contribution in [-0.4, -0.2) is 48.7 Å². The number of imide groups is 1. The number of carboxylic acids is 1. The molecule has 0 aromatic heterocycles. The van der Waals surface area contributed by atoms with Gasteiger partial charge in [0.2, 0.25) is 0 Å². The maximum Gasteiger partial charge on any atom is 0.416 e. The summed E-state index contributed by atoms with van der Waals surface area (Å²) in [5, 5.41) is 36.8. The Morgan fingerprint density at radius 2 is 1.08 bits per heavy atom. The average molecular weight is 997 g/mol. The fraction of sp³-hybridized carbons (Fsp3) is 0.0938. The number of hydrogen-bond acceptors (Lipinski definition) is 7. The van der Waals surface area contributed by atoms with Gasteiger partial charge in [-0.25, -0.2) is 4.79 Å². The molecule has 4 rings (SSSR count). The molecule has 52 heavy (non-hydrogen) atoms. The topological polar surface area (TPSA) is 191 Å². The first-order valence-corrected chi connectivity index (χ1v) is 13.9. The molecule has 0 unspecified atom stereocenters. The molecule has 4 aromatic rings. The third kappa shape index (κ3) is 16.6. The number of nitrogens with zero attached hydrogens (tertiary/aromatic N) is 1. The number of carboxylic acid groups (broad SMARTS) is 1. The Kier molecular flexibility index (Phi) is 20.3. The van der Waals surface area contributed by atoms with Gasteiger partial charge < -0.3 is 21.1 Å². The van der Waals surface area contributed by atoms with E-state index in [4.69, 9.17) is 45.7 Å². The molecule has 272 valence electrons. The SMILES string of the molecule is CC#N.NC(=O)c1cc(Cl)ccc1O.O=C(NC(=O)c1cc(Cl)ccc1O)c1ccc(C(F)(F)F)cc1.O=C(O)c1ccc(C(F)(F)F)cc1.[2H][B].[U]. The first-order valence-electron chi connectivity index (χ1n) is 13.7. The number of hydrogen-bond donors (Lipinski definition) is 5. The van der Waals surface area contributed by atoms with Gasteiger partial charge >= 0.3 is 18.3 Å². The number of primary amides is 1. The standard InChI is InChI=1S/C15H9ClF3NO3.C8H5F3O2.C7H6ClNO2.C2H3N.BH.U/c16-10-5-6-12(21)11(7-10)14(23)20-13(22)8-1-3-9(4-2-8)15(17,18)19;9-8(10,11)6-3-1-5(2-4-6)7(12)13;8-4-1-2-6(10)5(3-4)7(9)11;1-2-3;;/h1-7,21H,(H,20,22,23);1-4H,(H,12,13);1-3,10H,(H2,9,11);1H3;1H;/i;;;;1D;. The molecule has 0 bridgehead atoms. The van der Waals surface area contributed by atoms with Crippen molar-refractivity contribution < 1.29 is 92.0 Å². The van der Waals surface area contributed by atoms with Gasteiger partial charge in [0, 0.05) is 62.0 Å². The van der Waals surface area contributed by atoms with E-state index in [9.17, 15) is 50.6 Å². The van der Waals surface area contributed by atoms with Crippen LogP contribution in [0.4, 0.5) is 26.3 Å².